The largest absolute Gasteiger partial charge is 0.488 e. The number of carbonyl (C=O) groups is 1. The first-order valence-electron chi connectivity index (χ1n) is 9.69. The van der Waals surface area contributed by atoms with Crippen molar-refractivity contribution in [3.8, 4) is 17.0 Å². The number of hydrogen-bond donors (Lipinski definition) is 1. The first-order chi connectivity index (χ1) is 13.8. The van der Waals surface area contributed by atoms with E-state index in [1.54, 1.807) is 6.20 Å². The molecule has 1 unspecified atom stereocenters. The van der Waals surface area contributed by atoms with E-state index in [0.717, 1.165) is 47.4 Å². The number of likely N-dealkylation sites (tertiary alicyclic amines) is 1. The third-order valence-corrected chi connectivity index (χ3v) is 6.52. The molecular formula is C21H24N2O5S. The second kappa shape index (κ2) is 7.67. The zero-order chi connectivity index (χ0) is 20.6. The molecule has 2 aromatic rings. The van der Waals surface area contributed by atoms with E-state index in [0.29, 0.717) is 19.0 Å². The molecule has 2 aliphatic rings. The number of sulfone groups is 1. The predicted octanol–water partition coefficient (Wildman–Crippen LogP) is 2.99. The molecule has 0 saturated carbocycles. The number of nitrogens with zero attached hydrogens (tertiary/aromatic N) is 2. The van der Waals surface area contributed by atoms with Gasteiger partial charge in [0.1, 0.15) is 11.9 Å². The van der Waals surface area contributed by atoms with E-state index in [1.807, 2.05) is 30.3 Å². The fraction of sp³-hybridized carbons (Fsp3) is 0.429. The Morgan fingerprint density at radius 2 is 1.93 bits per heavy atom. The van der Waals surface area contributed by atoms with Crippen molar-refractivity contribution in [2.45, 2.75) is 31.1 Å². The Morgan fingerprint density at radius 1 is 1.24 bits per heavy atom. The lowest BCUT2D eigenvalue weighted by Gasteiger charge is -2.32. The number of fused-ring (bicyclic) bond motifs is 1. The standard InChI is InChI=1S/C21H24N2O5S/c1-29(26,27)13-14-2-4-15(5-3-14)18-10-17-11-19(28-20(17)12-22-18)16-6-8-23(9-7-16)21(24)25/h2-5,10,12,16,19H,6-9,11,13H2,1H3,(H,24,25). The molecule has 0 aliphatic carbocycles. The fourth-order valence-electron chi connectivity index (χ4n) is 4.13. The molecule has 0 spiro atoms. The number of ether oxygens (including phenoxy) is 1. The molecule has 3 heterocycles. The Kier molecular flexibility index (Phi) is 5.21. The smallest absolute Gasteiger partial charge is 0.407 e. The number of carboxylic acid groups (broad SMARTS) is 1. The quantitative estimate of drug-likeness (QED) is 0.823. The van der Waals surface area contributed by atoms with Crippen molar-refractivity contribution in [1.82, 2.24) is 9.88 Å². The van der Waals surface area contributed by atoms with Gasteiger partial charge in [0.25, 0.3) is 0 Å². The van der Waals surface area contributed by atoms with Crippen LogP contribution in [0.1, 0.15) is 24.0 Å². The number of hydrogen-bond acceptors (Lipinski definition) is 5. The molecule has 1 N–H and O–H groups in total. The number of amides is 1. The molecule has 7 nitrogen and oxygen atoms in total. The fourth-order valence-corrected chi connectivity index (χ4v) is 4.93. The molecule has 1 aromatic carbocycles. The number of benzene rings is 1. The Hall–Kier alpha value is -2.61. The van der Waals surface area contributed by atoms with Crippen LogP contribution >= 0.6 is 0 Å². The molecular weight excluding hydrogens is 392 g/mol. The van der Waals surface area contributed by atoms with Gasteiger partial charge in [-0.3, -0.25) is 4.98 Å². The molecule has 0 bridgehead atoms. The van der Waals surface area contributed by atoms with Crippen LogP contribution in [0, 0.1) is 5.92 Å². The summed E-state index contributed by atoms with van der Waals surface area (Å²) in [5.41, 5.74) is 3.64. The van der Waals surface area contributed by atoms with Gasteiger partial charge in [-0.2, -0.15) is 0 Å². The van der Waals surface area contributed by atoms with Gasteiger partial charge in [0.2, 0.25) is 0 Å². The number of pyridine rings is 1. The summed E-state index contributed by atoms with van der Waals surface area (Å²) < 4.78 is 29.0. The Bertz CT molecular complexity index is 1010. The van der Waals surface area contributed by atoms with E-state index >= 15 is 0 Å². The Morgan fingerprint density at radius 3 is 2.55 bits per heavy atom. The summed E-state index contributed by atoms with van der Waals surface area (Å²) in [7, 11) is -3.06. The number of rotatable bonds is 4. The summed E-state index contributed by atoms with van der Waals surface area (Å²) in [5, 5.41) is 9.10. The molecule has 1 saturated heterocycles. The lowest BCUT2D eigenvalue weighted by molar-refractivity contribution is 0.0834. The Balaban J connectivity index is 1.44. The van der Waals surface area contributed by atoms with Crippen LogP contribution in [0.25, 0.3) is 11.3 Å². The van der Waals surface area contributed by atoms with Crippen molar-refractivity contribution in [2.24, 2.45) is 5.92 Å². The minimum absolute atomic E-state index is 0.0289. The molecule has 2 aliphatic heterocycles. The first kappa shape index (κ1) is 19.7. The van der Waals surface area contributed by atoms with Gasteiger partial charge in [-0.05, 0) is 30.4 Å². The number of aromatic nitrogens is 1. The van der Waals surface area contributed by atoms with E-state index in [-0.39, 0.29) is 11.9 Å². The van der Waals surface area contributed by atoms with Crippen molar-refractivity contribution in [1.29, 1.82) is 0 Å². The average Bonchev–Trinajstić information content (AvgIpc) is 3.11. The zero-order valence-corrected chi connectivity index (χ0v) is 17.1. The van der Waals surface area contributed by atoms with Crippen molar-refractivity contribution in [2.75, 3.05) is 19.3 Å². The van der Waals surface area contributed by atoms with Gasteiger partial charge < -0.3 is 14.7 Å². The third-order valence-electron chi connectivity index (χ3n) is 5.66. The summed E-state index contributed by atoms with van der Waals surface area (Å²) >= 11 is 0. The van der Waals surface area contributed by atoms with Crippen LogP contribution in [0.5, 0.6) is 5.75 Å². The van der Waals surface area contributed by atoms with Crippen LogP contribution in [0.3, 0.4) is 0 Å². The number of piperidine rings is 1. The van der Waals surface area contributed by atoms with Gasteiger partial charge in [-0.15, -0.1) is 0 Å². The maximum absolute atomic E-state index is 11.4. The predicted molar refractivity (Wildman–Crippen MR) is 109 cm³/mol. The van der Waals surface area contributed by atoms with Gasteiger partial charge >= 0.3 is 6.09 Å². The van der Waals surface area contributed by atoms with Crippen LogP contribution < -0.4 is 4.74 Å². The van der Waals surface area contributed by atoms with Gasteiger partial charge in [0, 0.05) is 36.9 Å². The van der Waals surface area contributed by atoms with Crippen molar-refractivity contribution in [3.63, 3.8) is 0 Å². The molecule has 29 heavy (non-hydrogen) atoms. The van der Waals surface area contributed by atoms with Gasteiger partial charge in [-0.25, -0.2) is 13.2 Å². The molecule has 1 atom stereocenters. The summed E-state index contributed by atoms with van der Waals surface area (Å²) in [4.78, 5) is 17.1. The topological polar surface area (TPSA) is 96.8 Å². The highest BCUT2D eigenvalue weighted by molar-refractivity contribution is 7.89. The van der Waals surface area contributed by atoms with Crippen molar-refractivity contribution in [3.05, 3.63) is 47.7 Å². The third kappa shape index (κ3) is 4.53. The maximum atomic E-state index is 11.4. The second-order valence-corrected chi connectivity index (χ2v) is 10.1. The van der Waals surface area contributed by atoms with Crippen LogP contribution in [0.15, 0.2) is 36.5 Å². The maximum Gasteiger partial charge on any atom is 0.407 e. The highest BCUT2D eigenvalue weighted by atomic mass is 32.2. The van der Waals surface area contributed by atoms with Gasteiger partial charge in [0.15, 0.2) is 9.84 Å². The SMILES string of the molecule is CS(=O)(=O)Cc1ccc(-c2cc3c(cn2)OC(C2CCN(C(=O)O)CC2)C3)cc1. The molecule has 0 radical (unpaired) electrons. The first-order valence-corrected chi connectivity index (χ1v) is 11.7. The van der Waals surface area contributed by atoms with Crippen LogP contribution in [0.4, 0.5) is 4.79 Å². The summed E-state index contributed by atoms with van der Waals surface area (Å²) in [6, 6.07) is 9.46. The second-order valence-electron chi connectivity index (χ2n) is 7.91. The molecule has 1 amide bonds. The van der Waals surface area contributed by atoms with Crippen molar-refractivity contribution >= 4 is 15.9 Å². The lowest BCUT2D eigenvalue weighted by atomic mass is 9.89. The highest BCUT2D eigenvalue weighted by Crippen LogP contribution is 2.36. The van der Waals surface area contributed by atoms with Gasteiger partial charge in [0.05, 0.1) is 17.6 Å². The van der Waals surface area contributed by atoms with Crippen LogP contribution in [-0.2, 0) is 22.0 Å². The zero-order valence-electron chi connectivity index (χ0n) is 16.2. The van der Waals surface area contributed by atoms with Crippen LogP contribution in [-0.4, -0.2) is 55.0 Å². The lowest BCUT2D eigenvalue weighted by Crippen LogP contribution is -2.41. The monoisotopic (exact) mass is 416 g/mol. The van der Waals surface area contributed by atoms with E-state index in [2.05, 4.69) is 4.98 Å². The van der Waals surface area contributed by atoms with E-state index in [9.17, 15) is 13.2 Å². The minimum Gasteiger partial charge on any atom is -0.488 e. The van der Waals surface area contributed by atoms with E-state index in [1.165, 1.54) is 11.2 Å². The summed E-state index contributed by atoms with van der Waals surface area (Å²) in [5.74, 6) is 1.17. The van der Waals surface area contributed by atoms with Gasteiger partial charge in [-0.1, -0.05) is 24.3 Å². The summed E-state index contributed by atoms with van der Waals surface area (Å²) in [6.45, 7) is 1.11. The van der Waals surface area contributed by atoms with E-state index < -0.39 is 15.9 Å². The average molecular weight is 416 g/mol. The molecule has 8 heteroatoms. The Labute approximate surface area is 170 Å². The minimum atomic E-state index is -3.06. The summed E-state index contributed by atoms with van der Waals surface area (Å²) in [6.07, 6.45) is 4.62. The molecule has 1 aromatic heterocycles. The van der Waals surface area contributed by atoms with Crippen LogP contribution in [0.2, 0.25) is 0 Å². The highest BCUT2D eigenvalue weighted by Gasteiger charge is 2.34. The molecule has 4 rings (SSSR count). The van der Waals surface area contributed by atoms with E-state index in [4.69, 9.17) is 9.84 Å². The normalized spacial score (nSPS) is 19.6. The van der Waals surface area contributed by atoms with Crippen molar-refractivity contribution < 1.29 is 23.1 Å². The molecule has 154 valence electrons. The molecule has 1 fully saturated rings.